The first-order valence-corrected chi connectivity index (χ1v) is 7.86. The minimum atomic E-state index is 0.436. The second-order valence-electron chi connectivity index (χ2n) is 5.36. The summed E-state index contributed by atoms with van der Waals surface area (Å²) in [4.78, 5) is 8.48. The first kappa shape index (κ1) is 15.1. The zero-order chi connectivity index (χ0) is 16.9. The molecule has 3 heterocycles. The monoisotopic (exact) mass is 336 g/mol. The second-order valence-corrected chi connectivity index (χ2v) is 5.36. The molecule has 8 heteroatoms. The molecule has 4 rings (SSSR count). The third-order valence-corrected chi connectivity index (χ3v) is 3.55. The van der Waals surface area contributed by atoms with Crippen LogP contribution < -0.4 is 20.1 Å². The number of ether oxygens (including phenoxy) is 2. The van der Waals surface area contributed by atoms with Gasteiger partial charge in [-0.1, -0.05) is 6.07 Å². The third kappa shape index (κ3) is 3.74. The van der Waals surface area contributed by atoms with Crippen LogP contribution in [-0.2, 0) is 6.54 Å². The van der Waals surface area contributed by atoms with Gasteiger partial charge in [0.1, 0.15) is 13.2 Å². The fourth-order valence-electron chi connectivity index (χ4n) is 2.39. The van der Waals surface area contributed by atoms with Gasteiger partial charge in [-0.3, -0.25) is 4.98 Å². The van der Waals surface area contributed by atoms with E-state index in [1.165, 1.54) is 0 Å². The van der Waals surface area contributed by atoms with E-state index in [0.29, 0.717) is 37.3 Å². The smallest absolute Gasteiger partial charge is 0.244 e. The molecule has 0 unspecified atom stereocenters. The number of anilines is 3. The molecule has 8 nitrogen and oxygen atoms in total. The van der Waals surface area contributed by atoms with Crippen molar-refractivity contribution in [1.82, 2.24) is 20.2 Å². The summed E-state index contributed by atoms with van der Waals surface area (Å²) in [5.74, 6) is 2.48. The van der Waals surface area contributed by atoms with Gasteiger partial charge < -0.3 is 20.1 Å². The van der Waals surface area contributed by atoms with E-state index in [1.807, 2.05) is 30.3 Å². The molecule has 2 aromatic heterocycles. The number of nitrogens with zero attached hydrogens (tertiary/aromatic N) is 4. The first-order valence-electron chi connectivity index (χ1n) is 7.86. The molecule has 0 saturated heterocycles. The lowest BCUT2D eigenvalue weighted by atomic mass is 10.2. The summed E-state index contributed by atoms with van der Waals surface area (Å²) in [7, 11) is 0. The zero-order valence-electron chi connectivity index (χ0n) is 13.3. The molecule has 0 fully saturated rings. The Balaban J connectivity index is 1.44. The highest BCUT2D eigenvalue weighted by Gasteiger charge is 2.12. The maximum Gasteiger partial charge on any atom is 0.244 e. The molecule has 1 aliphatic rings. The molecule has 0 aliphatic carbocycles. The summed E-state index contributed by atoms with van der Waals surface area (Å²) in [6.45, 7) is 1.69. The Morgan fingerprint density at radius 1 is 1.04 bits per heavy atom. The van der Waals surface area contributed by atoms with E-state index in [2.05, 4.69) is 30.8 Å². The summed E-state index contributed by atoms with van der Waals surface area (Å²) in [5, 5.41) is 14.3. The highest BCUT2D eigenvalue weighted by molar-refractivity contribution is 5.61. The summed E-state index contributed by atoms with van der Waals surface area (Å²) in [6.07, 6.45) is 5.09. The molecule has 2 N–H and O–H groups in total. The van der Waals surface area contributed by atoms with Crippen LogP contribution in [0.5, 0.6) is 11.5 Å². The van der Waals surface area contributed by atoms with Crippen LogP contribution in [0.3, 0.4) is 0 Å². The largest absolute Gasteiger partial charge is 0.486 e. The van der Waals surface area contributed by atoms with Crippen LogP contribution >= 0.6 is 0 Å². The maximum atomic E-state index is 5.58. The number of hydrogen-bond donors (Lipinski definition) is 2. The van der Waals surface area contributed by atoms with Gasteiger partial charge in [0.05, 0.1) is 6.20 Å². The Hall–Kier alpha value is -3.42. The van der Waals surface area contributed by atoms with Gasteiger partial charge in [0.2, 0.25) is 5.95 Å². The standard InChI is InChI=1S/C17H16N6O2/c1-2-12(9-18-5-1)10-19-17-22-16(11-20-23-17)21-13-3-4-14-15(8-13)25-7-6-24-14/h1-5,8-9,11H,6-7,10H2,(H2,19,21,22,23). The number of benzene rings is 1. The highest BCUT2D eigenvalue weighted by Crippen LogP contribution is 2.33. The van der Waals surface area contributed by atoms with Crippen molar-refractivity contribution >= 4 is 17.5 Å². The van der Waals surface area contributed by atoms with Gasteiger partial charge in [-0.05, 0) is 23.8 Å². The van der Waals surface area contributed by atoms with E-state index < -0.39 is 0 Å². The van der Waals surface area contributed by atoms with E-state index in [9.17, 15) is 0 Å². The summed E-state index contributed by atoms with van der Waals surface area (Å²) < 4.78 is 11.1. The molecule has 0 bridgehead atoms. The quantitative estimate of drug-likeness (QED) is 0.733. The predicted octanol–water partition coefficient (Wildman–Crippen LogP) is 2.39. The maximum absolute atomic E-state index is 5.58. The summed E-state index contributed by atoms with van der Waals surface area (Å²) in [5.41, 5.74) is 1.87. The fraction of sp³-hybridized carbons (Fsp3) is 0.176. The Morgan fingerprint density at radius 2 is 1.96 bits per heavy atom. The van der Waals surface area contributed by atoms with Crippen molar-refractivity contribution < 1.29 is 9.47 Å². The molecule has 25 heavy (non-hydrogen) atoms. The molecule has 0 atom stereocenters. The van der Waals surface area contributed by atoms with Crippen LogP contribution in [0, 0.1) is 0 Å². The van der Waals surface area contributed by atoms with Crippen LogP contribution in [0.2, 0.25) is 0 Å². The SMILES string of the molecule is c1cncc(CNc2nncc(Nc3ccc4c(c3)OCCO4)n2)c1. The molecule has 1 aliphatic heterocycles. The Kier molecular flexibility index (Phi) is 4.23. The van der Waals surface area contributed by atoms with E-state index in [-0.39, 0.29) is 0 Å². The Morgan fingerprint density at radius 3 is 2.84 bits per heavy atom. The van der Waals surface area contributed by atoms with Gasteiger partial charge in [0.25, 0.3) is 0 Å². The molecular weight excluding hydrogens is 320 g/mol. The lowest BCUT2D eigenvalue weighted by molar-refractivity contribution is 0.171. The van der Waals surface area contributed by atoms with Crippen LogP contribution in [0.15, 0.2) is 48.9 Å². The second kappa shape index (κ2) is 7.00. The van der Waals surface area contributed by atoms with Gasteiger partial charge in [-0.15, -0.1) is 5.10 Å². The van der Waals surface area contributed by atoms with Crippen molar-refractivity contribution in [2.75, 3.05) is 23.8 Å². The van der Waals surface area contributed by atoms with Crippen LogP contribution in [-0.4, -0.2) is 33.4 Å². The molecule has 126 valence electrons. The number of fused-ring (bicyclic) bond motifs is 1. The summed E-state index contributed by atoms with van der Waals surface area (Å²) >= 11 is 0. The summed E-state index contributed by atoms with van der Waals surface area (Å²) in [6, 6.07) is 9.51. The van der Waals surface area contributed by atoms with Gasteiger partial charge in [0.15, 0.2) is 17.3 Å². The van der Waals surface area contributed by atoms with Crippen molar-refractivity contribution in [2.45, 2.75) is 6.54 Å². The molecule has 0 spiro atoms. The van der Waals surface area contributed by atoms with E-state index in [1.54, 1.807) is 18.6 Å². The predicted molar refractivity (Wildman–Crippen MR) is 92.1 cm³/mol. The van der Waals surface area contributed by atoms with Crippen LogP contribution in [0.25, 0.3) is 0 Å². The number of nitrogens with one attached hydrogen (secondary N) is 2. The normalized spacial score (nSPS) is 12.5. The van der Waals surface area contributed by atoms with Crippen molar-refractivity contribution in [3.05, 3.63) is 54.5 Å². The lowest BCUT2D eigenvalue weighted by Crippen LogP contribution is -2.15. The van der Waals surface area contributed by atoms with Gasteiger partial charge >= 0.3 is 0 Å². The van der Waals surface area contributed by atoms with Crippen LogP contribution in [0.4, 0.5) is 17.5 Å². The average Bonchev–Trinajstić information content (AvgIpc) is 2.67. The number of rotatable bonds is 5. The minimum Gasteiger partial charge on any atom is -0.486 e. The van der Waals surface area contributed by atoms with Crippen molar-refractivity contribution in [1.29, 1.82) is 0 Å². The van der Waals surface area contributed by atoms with Crippen molar-refractivity contribution in [3.8, 4) is 11.5 Å². The molecule has 0 saturated carbocycles. The molecule has 3 aromatic rings. The van der Waals surface area contributed by atoms with E-state index >= 15 is 0 Å². The Bertz CT molecular complexity index is 859. The average molecular weight is 336 g/mol. The molecule has 1 aromatic carbocycles. The molecule has 0 amide bonds. The first-order chi connectivity index (χ1) is 12.4. The molecular formula is C17H16N6O2. The van der Waals surface area contributed by atoms with Gasteiger partial charge in [0, 0.05) is 30.7 Å². The fourth-order valence-corrected chi connectivity index (χ4v) is 2.39. The zero-order valence-corrected chi connectivity index (χ0v) is 13.3. The molecule has 0 radical (unpaired) electrons. The van der Waals surface area contributed by atoms with Crippen molar-refractivity contribution in [3.63, 3.8) is 0 Å². The van der Waals surface area contributed by atoms with E-state index in [4.69, 9.17) is 9.47 Å². The van der Waals surface area contributed by atoms with Gasteiger partial charge in [-0.2, -0.15) is 10.1 Å². The minimum absolute atomic E-state index is 0.436. The number of aromatic nitrogens is 4. The van der Waals surface area contributed by atoms with E-state index in [0.717, 1.165) is 17.0 Å². The Labute approximate surface area is 144 Å². The third-order valence-electron chi connectivity index (χ3n) is 3.55. The van der Waals surface area contributed by atoms with Crippen LogP contribution in [0.1, 0.15) is 5.56 Å². The van der Waals surface area contributed by atoms with Gasteiger partial charge in [-0.25, -0.2) is 0 Å². The number of hydrogen-bond acceptors (Lipinski definition) is 8. The number of pyridine rings is 1. The highest BCUT2D eigenvalue weighted by atomic mass is 16.6. The lowest BCUT2D eigenvalue weighted by Gasteiger charge is -2.19. The topological polar surface area (TPSA) is 94.1 Å². The van der Waals surface area contributed by atoms with Crippen molar-refractivity contribution in [2.24, 2.45) is 0 Å².